The highest BCUT2D eigenvalue weighted by Gasteiger charge is 2.36. The van der Waals surface area contributed by atoms with E-state index in [2.05, 4.69) is 10.6 Å². The molecule has 1 aromatic rings. The molecule has 3 atom stereocenters. The molecule has 0 spiro atoms. The van der Waals surface area contributed by atoms with E-state index in [9.17, 15) is 4.79 Å². The number of rotatable bonds is 6. The standard InChI is InChI=1S/C19H28N2O3/c1-13-3-7-17(8-4-13)24-14(2)12-20-19(22)21-16-9-10-23-18(11-16)15-5-6-15/h3-4,7-8,14-16,18H,5-6,9-12H2,1-2H3,(H2,20,21,22)/t14-,16-,18+/m1/s1. The van der Waals surface area contributed by atoms with E-state index in [-0.39, 0.29) is 18.2 Å². The van der Waals surface area contributed by atoms with Crippen LogP contribution < -0.4 is 15.4 Å². The summed E-state index contributed by atoms with van der Waals surface area (Å²) in [6.07, 6.45) is 4.65. The van der Waals surface area contributed by atoms with Gasteiger partial charge in [-0.2, -0.15) is 0 Å². The van der Waals surface area contributed by atoms with E-state index in [1.165, 1.54) is 18.4 Å². The van der Waals surface area contributed by atoms with Crippen LogP contribution in [0.15, 0.2) is 24.3 Å². The Kier molecular flexibility index (Phi) is 5.61. The number of hydrogen-bond acceptors (Lipinski definition) is 3. The molecule has 2 N–H and O–H groups in total. The normalized spacial score (nSPS) is 24.9. The Hall–Kier alpha value is -1.75. The molecule has 1 saturated carbocycles. The average molecular weight is 332 g/mol. The first-order valence-electron chi connectivity index (χ1n) is 8.99. The smallest absolute Gasteiger partial charge is 0.315 e. The van der Waals surface area contributed by atoms with Crippen molar-refractivity contribution in [3.8, 4) is 5.75 Å². The number of nitrogens with one attached hydrogen (secondary N) is 2. The highest BCUT2D eigenvalue weighted by atomic mass is 16.5. The van der Waals surface area contributed by atoms with E-state index in [4.69, 9.17) is 9.47 Å². The molecule has 2 fully saturated rings. The van der Waals surface area contributed by atoms with Crippen molar-refractivity contribution in [2.45, 2.75) is 57.8 Å². The second-order valence-corrected chi connectivity index (χ2v) is 7.06. The largest absolute Gasteiger partial charge is 0.489 e. The van der Waals surface area contributed by atoms with Gasteiger partial charge in [-0.25, -0.2) is 4.79 Å². The summed E-state index contributed by atoms with van der Waals surface area (Å²) in [7, 11) is 0. The van der Waals surface area contributed by atoms with Gasteiger partial charge in [-0.15, -0.1) is 0 Å². The van der Waals surface area contributed by atoms with Gasteiger partial charge in [-0.3, -0.25) is 0 Å². The van der Waals surface area contributed by atoms with Gasteiger partial charge in [-0.05, 0) is 57.6 Å². The van der Waals surface area contributed by atoms with Crippen LogP contribution in [0, 0.1) is 12.8 Å². The topological polar surface area (TPSA) is 59.6 Å². The molecule has 0 bridgehead atoms. The molecular weight excluding hydrogens is 304 g/mol. The first-order chi connectivity index (χ1) is 11.6. The number of carbonyl (C=O) groups excluding carboxylic acids is 1. The summed E-state index contributed by atoms with van der Waals surface area (Å²) in [4.78, 5) is 12.1. The molecule has 24 heavy (non-hydrogen) atoms. The zero-order valence-corrected chi connectivity index (χ0v) is 14.6. The van der Waals surface area contributed by atoms with Crippen LogP contribution in [0.5, 0.6) is 5.75 Å². The van der Waals surface area contributed by atoms with Crippen molar-refractivity contribution < 1.29 is 14.3 Å². The fraction of sp³-hybridized carbons (Fsp3) is 0.632. The monoisotopic (exact) mass is 332 g/mol. The van der Waals surface area contributed by atoms with Gasteiger partial charge in [0.2, 0.25) is 0 Å². The molecule has 132 valence electrons. The Labute approximate surface area is 144 Å². The minimum atomic E-state index is -0.115. The minimum Gasteiger partial charge on any atom is -0.489 e. The maximum absolute atomic E-state index is 12.1. The van der Waals surface area contributed by atoms with Crippen molar-refractivity contribution in [2.75, 3.05) is 13.2 Å². The van der Waals surface area contributed by atoms with E-state index < -0.39 is 0 Å². The van der Waals surface area contributed by atoms with Gasteiger partial charge < -0.3 is 20.1 Å². The number of ether oxygens (including phenoxy) is 2. The third kappa shape index (κ3) is 5.13. The molecule has 5 heteroatoms. The molecule has 1 aliphatic carbocycles. The first-order valence-corrected chi connectivity index (χ1v) is 8.99. The van der Waals surface area contributed by atoms with E-state index in [1.807, 2.05) is 38.1 Å². The highest BCUT2D eigenvalue weighted by molar-refractivity contribution is 5.74. The molecule has 0 aromatic heterocycles. The average Bonchev–Trinajstić information content (AvgIpc) is 3.40. The molecule has 2 aliphatic rings. The van der Waals surface area contributed by atoms with Crippen LogP contribution in [-0.4, -0.2) is 37.4 Å². The molecular formula is C19H28N2O3. The molecule has 0 unspecified atom stereocenters. The number of hydrogen-bond donors (Lipinski definition) is 2. The van der Waals surface area contributed by atoms with Crippen LogP contribution in [0.4, 0.5) is 4.79 Å². The van der Waals surface area contributed by atoms with Gasteiger partial charge in [0, 0.05) is 12.6 Å². The van der Waals surface area contributed by atoms with E-state index in [1.54, 1.807) is 0 Å². The lowest BCUT2D eigenvalue weighted by Crippen LogP contribution is -2.48. The lowest BCUT2D eigenvalue weighted by molar-refractivity contribution is -0.00917. The summed E-state index contributed by atoms with van der Waals surface area (Å²) < 4.78 is 11.6. The fourth-order valence-electron chi connectivity index (χ4n) is 3.12. The van der Waals surface area contributed by atoms with Crippen molar-refractivity contribution in [1.82, 2.24) is 10.6 Å². The number of aryl methyl sites for hydroxylation is 1. The van der Waals surface area contributed by atoms with Crippen molar-refractivity contribution in [3.05, 3.63) is 29.8 Å². The first kappa shape index (κ1) is 17.1. The second-order valence-electron chi connectivity index (χ2n) is 7.06. The molecule has 1 saturated heterocycles. The van der Waals surface area contributed by atoms with Crippen LogP contribution in [0.3, 0.4) is 0 Å². The number of carbonyl (C=O) groups is 1. The van der Waals surface area contributed by atoms with E-state index >= 15 is 0 Å². The van der Waals surface area contributed by atoms with Crippen LogP contribution in [0.2, 0.25) is 0 Å². The summed E-state index contributed by atoms with van der Waals surface area (Å²) in [5.74, 6) is 1.55. The van der Waals surface area contributed by atoms with Crippen molar-refractivity contribution in [2.24, 2.45) is 5.92 Å². The summed E-state index contributed by atoms with van der Waals surface area (Å²) >= 11 is 0. The van der Waals surface area contributed by atoms with Crippen molar-refractivity contribution in [1.29, 1.82) is 0 Å². The Balaban J connectivity index is 1.36. The number of urea groups is 1. The van der Waals surface area contributed by atoms with Gasteiger partial charge in [0.15, 0.2) is 0 Å². The predicted octanol–water partition coefficient (Wildman–Crippen LogP) is 3.02. The van der Waals surface area contributed by atoms with Crippen molar-refractivity contribution >= 4 is 6.03 Å². The Bertz CT molecular complexity index is 542. The third-order valence-corrected chi connectivity index (χ3v) is 4.71. The van der Waals surface area contributed by atoms with Gasteiger partial charge in [0.1, 0.15) is 11.9 Å². The number of benzene rings is 1. The SMILES string of the molecule is Cc1ccc(O[C@H](C)CNC(=O)N[C@@H]2CCO[C@H](C3CC3)C2)cc1. The van der Waals surface area contributed by atoms with Crippen LogP contribution in [-0.2, 0) is 4.74 Å². The zero-order chi connectivity index (χ0) is 16.9. The molecule has 5 nitrogen and oxygen atoms in total. The lowest BCUT2D eigenvalue weighted by Gasteiger charge is -2.30. The Morgan fingerprint density at radius 2 is 2.04 bits per heavy atom. The molecule has 2 amide bonds. The van der Waals surface area contributed by atoms with Crippen LogP contribution in [0.25, 0.3) is 0 Å². The molecule has 1 aliphatic heterocycles. The quantitative estimate of drug-likeness (QED) is 0.842. The third-order valence-electron chi connectivity index (χ3n) is 4.71. The lowest BCUT2D eigenvalue weighted by atomic mass is 10.0. The molecule has 3 rings (SSSR count). The zero-order valence-electron chi connectivity index (χ0n) is 14.6. The predicted molar refractivity (Wildman–Crippen MR) is 93.3 cm³/mol. The van der Waals surface area contributed by atoms with Gasteiger partial charge in [0.25, 0.3) is 0 Å². The molecule has 1 aromatic carbocycles. The van der Waals surface area contributed by atoms with E-state index in [0.29, 0.717) is 12.6 Å². The van der Waals surface area contributed by atoms with Gasteiger partial charge in [0.05, 0.1) is 12.6 Å². The minimum absolute atomic E-state index is 0.0765. The Morgan fingerprint density at radius 1 is 1.29 bits per heavy atom. The maximum Gasteiger partial charge on any atom is 0.315 e. The summed E-state index contributed by atoms with van der Waals surface area (Å²) in [5, 5.41) is 5.98. The van der Waals surface area contributed by atoms with Gasteiger partial charge >= 0.3 is 6.03 Å². The van der Waals surface area contributed by atoms with Crippen LogP contribution in [0.1, 0.15) is 38.2 Å². The fourth-order valence-corrected chi connectivity index (χ4v) is 3.12. The molecule has 0 radical (unpaired) electrons. The summed E-state index contributed by atoms with van der Waals surface area (Å²) in [6, 6.07) is 8.04. The highest BCUT2D eigenvalue weighted by Crippen LogP contribution is 2.38. The van der Waals surface area contributed by atoms with Crippen molar-refractivity contribution in [3.63, 3.8) is 0 Å². The second kappa shape index (κ2) is 7.88. The van der Waals surface area contributed by atoms with Gasteiger partial charge in [-0.1, -0.05) is 17.7 Å². The summed E-state index contributed by atoms with van der Waals surface area (Å²) in [5.41, 5.74) is 1.20. The van der Waals surface area contributed by atoms with Crippen LogP contribution >= 0.6 is 0 Å². The molecule has 1 heterocycles. The maximum atomic E-state index is 12.1. The summed E-state index contributed by atoms with van der Waals surface area (Å²) in [6.45, 7) is 5.23. The Morgan fingerprint density at radius 3 is 2.75 bits per heavy atom. The number of amides is 2. The van der Waals surface area contributed by atoms with E-state index in [0.717, 1.165) is 31.1 Å².